The first kappa shape index (κ1) is 17.8. The normalized spacial score (nSPS) is 10.2. The molecule has 0 aliphatic carbocycles. The Morgan fingerprint density at radius 2 is 1.75 bits per heavy atom. The summed E-state index contributed by atoms with van der Waals surface area (Å²) in [5.41, 5.74) is 1.91. The number of hydrogen-bond acceptors (Lipinski definition) is 4. The van der Waals surface area contributed by atoms with Crippen LogP contribution in [-0.4, -0.2) is 26.2 Å². The van der Waals surface area contributed by atoms with Gasteiger partial charge in [-0.3, -0.25) is 4.79 Å². The lowest BCUT2D eigenvalue weighted by atomic mass is 10.1. The molecule has 0 saturated carbocycles. The first-order valence-corrected chi connectivity index (χ1v) is 8.08. The Hall–Kier alpha value is -2.53. The third-order valence-corrected chi connectivity index (χ3v) is 3.51. The molecule has 5 nitrogen and oxygen atoms in total. The van der Waals surface area contributed by atoms with Gasteiger partial charge in [0.1, 0.15) is 11.5 Å². The standard InChI is InChI=1S/C19H24N2O3/c1-3-20-14-15-6-4-5-7-18(15)21-19(22)12-13-24-17-10-8-16(23-2)9-11-17/h4-11,20H,3,12-14H2,1-2H3,(H,21,22). The van der Waals surface area contributed by atoms with Gasteiger partial charge in [0, 0.05) is 12.2 Å². The van der Waals surface area contributed by atoms with Crippen LogP contribution >= 0.6 is 0 Å². The molecule has 5 heteroatoms. The number of benzene rings is 2. The lowest BCUT2D eigenvalue weighted by Gasteiger charge is -2.12. The number of amides is 1. The second-order valence-electron chi connectivity index (χ2n) is 5.26. The van der Waals surface area contributed by atoms with Crippen molar-refractivity contribution < 1.29 is 14.3 Å². The Labute approximate surface area is 143 Å². The molecule has 2 aromatic carbocycles. The molecule has 24 heavy (non-hydrogen) atoms. The number of rotatable bonds is 9. The van der Waals surface area contributed by atoms with Crippen molar-refractivity contribution >= 4 is 11.6 Å². The molecule has 0 atom stereocenters. The molecule has 1 amide bonds. The van der Waals surface area contributed by atoms with Gasteiger partial charge in [-0.2, -0.15) is 0 Å². The van der Waals surface area contributed by atoms with Crippen LogP contribution in [0, 0.1) is 0 Å². The van der Waals surface area contributed by atoms with Crippen molar-refractivity contribution in [3.8, 4) is 11.5 Å². The number of carbonyl (C=O) groups is 1. The highest BCUT2D eigenvalue weighted by Gasteiger charge is 2.07. The zero-order valence-electron chi connectivity index (χ0n) is 14.2. The van der Waals surface area contributed by atoms with Crippen LogP contribution in [0.4, 0.5) is 5.69 Å². The van der Waals surface area contributed by atoms with Crippen molar-refractivity contribution in [1.29, 1.82) is 0 Å². The Morgan fingerprint density at radius 1 is 1.04 bits per heavy atom. The van der Waals surface area contributed by atoms with Gasteiger partial charge in [0.15, 0.2) is 0 Å². The number of hydrogen-bond donors (Lipinski definition) is 2. The molecule has 0 radical (unpaired) electrons. The van der Waals surface area contributed by atoms with Gasteiger partial charge in [0.05, 0.1) is 20.1 Å². The van der Waals surface area contributed by atoms with Crippen molar-refractivity contribution in [3.05, 3.63) is 54.1 Å². The van der Waals surface area contributed by atoms with E-state index >= 15 is 0 Å². The van der Waals surface area contributed by atoms with Gasteiger partial charge >= 0.3 is 0 Å². The predicted molar refractivity (Wildman–Crippen MR) is 95.6 cm³/mol. The highest BCUT2D eigenvalue weighted by molar-refractivity contribution is 5.91. The van der Waals surface area contributed by atoms with Crippen LogP contribution in [0.3, 0.4) is 0 Å². The van der Waals surface area contributed by atoms with Crippen LogP contribution in [0.2, 0.25) is 0 Å². The molecule has 0 bridgehead atoms. The first-order chi connectivity index (χ1) is 11.7. The summed E-state index contributed by atoms with van der Waals surface area (Å²) in [7, 11) is 1.62. The maximum atomic E-state index is 12.1. The molecule has 0 aromatic heterocycles. The van der Waals surface area contributed by atoms with Gasteiger partial charge in [-0.05, 0) is 42.4 Å². The third-order valence-electron chi connectivity index (χ3n) is 3.51. The maximum Gasteiger partial charge on any atom is 0.227 e. The van der Waals surface area contributed by atoms with Crippen molar-refractivity contribution in [2.75, 3.05) is 25.6 Å². The van der Waals surface area contributed by atoms with Gasteiger partial charge in [-0.25, -0.2) is 0 Å². The zero-order chi connectivity index (χ0) is 17.2. The molecule has 2 aromatic rings. The number of methoxy groups -OCH3 is 1. The van der Waals surface area contributed by atoms with E-state index in [1.807, 2.05) is 48.5 Å². The quantitative estimate of drug-likeness (QED) is 0.742. The Balaban J connectivity index is 1.80. The monoisotopic (exact) mass is 328 g/mol. The average Bonchev–Trinajstić information content (AvgIpc) is 2.61. The summed E-state index contributed by atoms with van der Waals surface area (Å²) in [6.07, 6.45) is 0.293. The van der Waals surface area contributed by atoms with Gasteiger partial charge in [0.25, 0.3) is 0 Å². The van der Waals surface area contributed by atoms with E-state index in [1.54, 1.807) is 7.11 Å². The third kappa shape index (κ3) is 5.59. The van der Waals surface area contributed by atoms with Crippen molar-refractivity contribution in [3.63, 3.8) is 0 Å². The van der Waals surface area contributed by atoms with Crippen molar-refractivity contribution in [1.82, 2.24) is 5.32 Å². The van der Waals surface area contributed by atoms with Crippen LogP contribution in [0.1, 0.15) is 18.9 Å². The molecule has 0 fully saturated rings. The Kier molecular flexibility index (Phi) is 7.11. The van der Waals surface area contributed by atoms with Crippen LogP contribution in [0.15, 0.2) is 48.5 Å². The van der Waals surface area contributed by atoms with Crippen LogP contribution < -0.4 is 20.1 Å². The van der Waals surface area contributed by atoms with E-state index < -0.39 is 0 Å². The Bertz CT molecular complexity index is 641. The summed E-state index contributed by atoms with van der Waals surface area (Å²) < 4.78 is 10.7. The summed E-state index contributed by atoms with van der Waals surface area (Å²) in [4.78, 5) is 12.1. The molecule has 0 saturated heterocycles. The minimum absolute atomic E-state index is 0.0625. The van der Waals surface area contributed by atoms with E-state index in [4.69, 9.17) is 9.47 Å². The summed E-state index contributed by atoms with van der Waals surface area (Å²) in [6, 6.07) is 15.1. The van der Waals surface area contributed by atoms with E-state index in [0.29, 0.717) is 13.0 Å². The van der Waals surface area contributed by atoms with Crippen molar-refractivity contribution in [2.24, 2.45) is 0 Å². The number of anilines is 1. The molecule has 0 aliphatic heterocycles. The van der Waals surface area contributed by atoms with Gasteiger partial charge in [0.2, 0.25) is 5.91 Å². The summed E-state index contributed by atoms with van der Waals surface area (Å²) >= 11 is 0. The van der Waals surface area contributed by atoms with Crippen molar-refractivity contribution in [2.45, 2.75) is 19.9 Å². The molecule has 0 unspecified atom stereocenters. The van der Waals surface area contributed by atoms with E-state index in [9.17, 15) is 4.79 Å². The van der Waals surface area contributed by atoms with E-state index in [1.165, 1.54) is 0 Å². The van der Waals surface area contributed by atoms with Gasteiger partial charge in [-0.15, -0.1) is 0 Å². The molecule has 2 rings (SSSR count). The second kappa shape index (κ2) is 9.57. The van der Waals surface area contributed by atoms with E-state index in [-0.39, 0.29) is 5.91 Å². The molecule has 0 spiro atoms. The van der Waals surface area contributed by atoms with Crippen LogP contribution in [0.5, 0.6) is 11.5 Å². The fraction of sp³-hybridized carbons (Fsp3) is 0.316. The lowest BCUT2D eigenvalue weighted by Crippen LogP contribution is -2.18. The fourth-order valence-corrected chi connectivity index (χ4v) is 2.20. The Morgan fingerprint density at radius 3 is 2.46 bits per heavy atom. The van der Waals surface area contributed by atoms with Gasteiger partial charge < -0.3 is 20.1 Å². The molecular formula is C19H24N2O3. The van der Waals surface area contributed by atoms with E-state index in [0.717, 1.165) is 35.8 Å². The van der Waals surface area contributed by atoms with E-state index in [2.05, 4.69) is 17.6 Å². The largest absolute Gasteiger partial charge is 0.497 e. The minimum atomic E-state index is -0.0625. The highest BCUT2D eigenvalue weighted by atomic mass is 16.5. The smallest absolute Gasteiger partial charge is 0.227 e. The molecule has 0 heterocycles. The number of carbonyl (C=O) groups excluding carboxylic acids is 1. The fourth-order valence-electron chi connectivity index (χ4n) is 2.20. The number of para-hydroxylation sites is 1. The molecular weight excluding hydrogens is 304 g/mol. The SMILES string of the molecule is CCNCc1ccccc1NC(=O)CCOc1ccc(OC)cc1. The maximum absolute atomic E-state index is 12.1. The second-order valence-corrected chi connectivity index (χ2v) is 5.26. The van der Waals surface area contributed by atoms with Crippen LogP contribution in [0.25, 0.3) is 0 Å². The number of ether oxygens (including phenoxy) is 2. The van der Waals surface area contributed by atoms with Crippen LogP contribution in [-0.2, 0) is 11.3 Å². The zero-order valence-corrected chi connectivity index (χ0v) is 14.2. The van der Waals surface area contributed by atoms with Gasteiger partial charge in [-0.1, -0.05) is 25.1 Å². The highest BCUT2D eigenvalue weighted by Crippen LogP contribution is 2.18. The lowest BCUT2D eigenvalue weighted by molar-refractivity contribution is -0.116. The first-order valence-electron chi connectivity index (χ1n) is 8.08. The predicted octanol–water partition coefficient (Wildman–Crippen LogP) is 3.21. The topological polar surface area (TPSA) is 59.6 Å². The molecule has 2 N–H and O–H groups in total. The summed E-state index contributed by atoms with van der Waals surface area (Å²) in [6.45, 7) is 4.00. The summed E-state index contributed by atoms with van der Waals surface area (Å²) in [5.74, 6) is 1.43. The molecule has 0 aliphatic rings. The molecule has 128 valence electrons. The minimum Gasteiger partial charge on any atom is -0.497 e. The summed E-state index contributed by atoms with van der Waals surface area (Å²) in [5, 5.41) is 6.21. The average molecular weight is 328 g/mol. The number of nitrogens with one attached hydrogen (secondary N) is 2.